The van der Waals surface area contributed by atoms with Crippen molar-refractivity contribution in [3.05, 3.63) is 138 Å². The van der Waals surface area contributed by atoms with E-state index in [0.29, 0.717) is 63.9 Å². The predicted octanol–water partition coefficient (Wildman–Crippen LogP) is 7.36. The molecule has 3 aliphatic rings. The molecule has 306 valence electrons. The molecule has 15 heteroatoms. The van der Waals surface area contributed by atoms with Gasteiger partial charge < -0.3 is 19.4 Å². The zero-order valence-electron chi connectivity index (χ0n) is 33.3. The van der Waals surface area contributed by atoms with Crippen LogP contribution in [0.25, 0.3) is 16.6 Å². The van der Waals surface area contributed by atoms with Gasteiger partial charge in [0.05, 0.1) is 17.4 Å². The molecule has 3 aromatic carbocycles. The smallest absolute Gasteiger partial charge is 0.438 e. The summed E-state index contributed by atoms with van der Waals surface area (Å²) in [5, 5.41) is 7.20. The van der Waals surface area contributed by atoms with Gasteiger partial charge in [-0.15, -0.1) is 0 Å². The first-order valence-electron chi connectivity index (χ1n) is 19.9. The van der Waals surface area contributed by atoms with Crippen molar-refractivity contribution in [2.45, 2.75) is 77.9 Å². The van der Waals surface area contributed by atoms with Crippen molar-refractivity contribution < 1.29 is 28.0 Å². The van der Waals surface area contributed by atoms with E-state index >= 15 is 0 Å². The molecule has 0 radical (unpaired) electrons. The summed E-state index contributed by atoms with van der Waals surface area (Å²) in [6.07, 6.45) is 2.51. The van der Waals surface area contributed by atoms with Crippen LogP contribution in [0, 0.1) is 25.6 Å². The number of rotatable bonds is 7. The van der Waals surface area contributed by atoms with Crippen molar-refractivity contribution >= 4 is 28.9 Å². The van der Waals surface area contributed by atoms with Gasteiger partial charge in [0.2, 0.25) is 5.95 Å². The van der Waals surface area contributed by atoms with Crippen molar-refractivity contribution in [1.29, 1.82) is 0 Å². The van der Waals surface area contributed by atoms with Crippen LogP contribution in [-0.4, -0.2) is 61.3 Å². The standard InChI is InChI=1S/C38H38FN5O5.C6H8N2O2/c1-22-17-29(18-23(2)33(22)39)44-35(45)30-11-14-43(24(3)34(30)41-37(44)42-38(47)49-21-25-7-5-4-6-8-25)36(46)32-20-28-19-27(9-10-31(28)40-32)26-12-15-48-16-13-26;1-3-2-4(3)5-7-6(9)10-8-5/h4-10,17-20,24,26,40H,11-16,21H2,1-3H3,(H,41,42,47);3-4H,2H2,1H3,(H,7,8,9). The molecule has 2 aliphatic heterocycles. The molecule has 0 spiro atoms. The minimum absolute atomic E-state index is 0.0103. The Hall–Kier alpha value is -6.35. The Bertz CT molecular complexity index is 2620. The minimum atomic E-state index is -0.811. The van der Waals surface area contributed by atoms with Crippen molar-refractivity contribution in [2.75, 3.05) is 25.1 Å². The number of nitrogens with zero attached hydrogens (tertiary/aromatic N) is 4. The van der Waals surface area contributed by atoms with Crippen LogP contribution in [-0.2, 0) is 22.5 Å². The first-order chi connectivity index (χ1) is 28.4. The van der Waals surface area contributed by atoms with Gasteiger partial charge in [0.25, 0.3) is 11.5 Å². The average molecular weight is 804 g/mol. The lowest BCUT2D eigenvalue weighted by Crippen LogP contribution is -2.43. The van der Waals surface area contributed by atoms with E-state index in [1.807, 2.05) is 49.4 Å². The highest BCUT2D eigenvalue weighted by atomic mass is 19.1. The third kappa shape index (κ3) is 8.33. The van der Waals surface area contributed by atoms with E-state index in [4.69, 9.17) is 14.5 Å². The largest absolute Gasteiger partial charge is 0.444 e. The molecule has 5 heterocycles. The summed E-state index contributed by atoms with van der Waals surface area (Å²) in [6.45, 7) is 8.98. The molecule has 3 atom stereocenters. The number of aryl methyl sites for hydroxylation is 2. The van der Waals surface area contributed by atoms with Gasteiger partial charge in [0, 0.05) is 42.1 Å². The normalized spacial score (nSPS) is 18.8. The number of carbonyl (C=O) groups is 2. The van der Waals surface area contributed by atoms with Gasteiger partial charge in [0.1, 0.15) is 18.1 Å². The van der Waals surface area contributed by atoms with E-state index in [2.05, 4.69) is 44.0 Å². The van der Waals surface area contributed by atoms with Crippen LogP contribution < -0.4 is 16.6 Å². The minimum Gasteiger partial charge on any atom is -0.444 e. The molecule has 3 aromatic heterocycles. The Morgan fingerprint density at radius 2 is 1.71 bits per heavy atom. The van der Waals surface area contributed by atoms with Gasteiger partial charge in [-0.25, -0.2) is 23.5 Å². The molecule has 3 N–H and O–H groups in total. The molecule has 1 saturated heterocycles. The number of aromatic nitrogens is 5. The molecule has 0 bridgehead atoms. The second-order valence-electron chi connectivity index (χ2n) is 15.7. The van der Waals surface area contributed by atoms with Gasteiger partial charge in [0.15, 0.2) is 5.82 Å². The number of nitrogens with one attached hydrogen (secondary N) is 3. The quantitative estimate of drug-likeness (QED) is 0.149. The maximum Gasteiger partial charge on any atom is 0.438 e. The Kier molecular flexibility index (Phi) is 11.0. The zero-order valence-corrected chi connectivity index (χ0v) is 33.3. The second kappa shape index (κ2) is 16.5. The molecule has 1 aliphatic carbocycles. The number of aromatic amines is 2. The van der Waals surface area contributed by atoms with Crippen LogP contribution in [0.15, 0.2) is 80.8 Å². The van der Waals surface area contributed by atoms with Gasteiger partial charge >= 0.3 is 11.8 Å². The fourth-order valence-corrected chi connectivity index (χ4v) is 8.04. The summed E-state index contributed by atoms with van der Waals surface area (Å²) < 4.78 is 31.2. The number of hydrogen-bond acceptors (Lipinski definition) is 9. The van der Waals surface area contributed by atoms with E-state index in [-0.39, 0.29) is 30.7 Å². The monoisotopic (exact) mass is 803 g/mol. The van der Waals surface area contributed by atoms with E-state index in [9.17, 15) is 23.6 Å². The Morgan fingerprint density at radius 1 is 0.983 bits per heavy atom. The Morgan fingerprint density at radius 3 is 2.39 bits per heavy atom. The van der Waals surface area contributed by atoms with E-state index in [0.717, 1.165) is 48.9 Å². The topological polar surface area (TPSA) is 177 Å². The molecule has 9 rings (SSSR count). The number of anilines is 1. The number of ether oxygens (including phenoxy) is 2. The van der Waals surface area contributed by atoms with Gasteiger partial charge in [-0.2, -0.15) is 0 Å². The maximum atomic E-state index is 14.6. The summed E-state index contributed by atoms with van der Waals surface area (Å²) in [5.41, 5.74) is 4.81. The third-order valence-corrected chi connectivity index (χ3v) is 11.5. The lowest BCUT2D eigenvalue weighted by atomic mass is 9.91. The number of fused-ring (bicyclic) bond motifs is 2. The van der Waals surface area contributed by atoms with E-state index in [1.54, 1.807) is 30.9 Å². The molecular formula is C44H46FN7O7. The third-order valence-electron chi connectivity index (χ3n) is 11.5. The van der Waals surface area contributed by atoms with Crippen LogP contribution in [0.2, 0.25) is 0 Å². The van der Waals surface area contributed by atoms with Gasteiger partial charge in [-0.3, -0.25) is 24.4 Å². The fraction of sp³-hybridized carbons (Fsp3) is 0.364. The summed E-state index contributed by atoms with van der Waals surface area (Å²) >= 11 is 0. The van der Waals surface area contributed by atoms with Crippen LogP contribution >= 0.6 is 0 Å². The first kappa shape index (κ1) is 39.5. The number of carbonyl (C=O) groups excluding carboxylic acids is 2. The number of hydrogen-bond donors (Lipinski definition) is 3. The van der Waals surface area contributed by atoms with Crippen molar-refractivity contribution in [2.24, 2.45) is 5.92 Å². The van der Waals surface area contributed by atoms with Crippen molar-refractivity contribution in [1.82, 2.24) is 29.6 Å². The highest BCUT2D eigenvalue weighted by molar-refractivity contribution is 5.98. The Labute approximate surface area is 338 Å². The van der Waals surface area contributed by atoms with E-state index in [1.165, 1.54) is 10.1 Å². The predicted molar refractivity (Wildman–Crippen MR) is 217 cm³/mol. The van der Waals surface area contributed by atoms with Crippen LogP contribution in [0.5, 0.6) is 0 Å². The fourth-order valence-electron chi connectivity index (χ4n) is 8.04. The molecule has 14 nitrogen and oxygen atoms in total. The van der Waals surface area contributed by atoms with Crippen LogP contribution in [0.4, 0.5) is 15.1 Å². The van der Waals surface area contributed by atoms with Crippen molar-refractivity contribution in [3.8, 4) is 5.69 Å². The summed E-state index contributed by atoms with van der Waals surface area (Å²) in [4.78, 5) is 64.0. The zero-order chi connectivity index (χ0) is 41.4. The average Bonchev–Trinajstić information content (AvgIpc) is 3.57. The van der Waals surface area contributed by atoms with Crippen LogP contribution in [0.3, 0.4) is 0 Å². The molecule has 6 aromatic rings. The lowest BCUT2D eigenvalue weighted by Gasteiger charge is -2.34. The number of halogens is 1. The highest BCUT2D eigenvalue weighted by Crippen LogP contribution is 2.44. The van der Waals surface area contributed by atoms with Gasteiger partial charge in [-0.05, 0) is 111 Å². The van der Waals surface area contributed by atoms with Crippen molar-refractivity contribution in [3.63, 3.8) is 0 Å². The molecule has 2 amide bonds. The summed E-state index contributed by atoms with van der Waals surface area (Å²) in [5.74, 6) is 1.11. The number of H-pyrrole nitrogens is 2. The maximum absolute atomic E-state index is 14.6. The summed E-state index contributed by atoms with van der Waals surface area (Å²) in [6, 6.07) is 19.9. The number of benzene rings is 3. The molecule has 3 unspecified atom stereocenters. The highest BCUT2D eigenvalue weighted by Gasteiger charge is 2.37. The molecule has 1 saturated carbocycles. The van der Waals surface area contributed by atoms with Crippen LogP contribution in [0.1, 0.15) is 101 Å². The number of amides is 2. The first-order valence-corrected chi connectivity index (χ1v) is 19.9. The molecule has 2 fully saturated rings. The second-order valence-corrected chi connectivity index (χ2v) is 15.7. The Balaban J connectivity index is 0.000000420. The van der Waals surface area contributed by atoms with Gasteiger partial charge in [-0.1, -0.05) is 48.5 Å². The molecular weight excluding hydrogens is 758 g/mol. The molecule has 59 heavy (non-hydrogen) atoms. The SMILES string of the molecule is CC1CC1c1noc(=O)[nH]1.Cc1cc(-n2c(NC(=O)OCc3ccccc3)nc3c(c2=O)CCN(C(=O)c2cc4cc(C5CCOCC5)ccc4[nH]2)C3C)cc(C)c1F. The summed E-state index contributed by atoms with van der Waals surface area (Å²) in [7, 11) is 0. The lowest BCUT2D eigenvalue weighted by molar-refractivity contribution is 0.0666. The van der Waals surface area contributed by atoms with E-state index < -0.39 is 23.5 Å².